The molecule has 1 unspecified atom stereocenters. The first-order chi connectivity index (χ1) is 3.93. The van der Waals surface area contributed by atoms with Crippen LogP contribution in [0.5, 0.6) is 0 Å². The molecule has 0 N–H and O–H groups in total. The van der Waals surface area contributed by atoms with Crippen LogP contribution in [0.1, 0.15) is 0 Å². The van der Waals surface area contributed by atoms with Gasteiger partial charge in [0.1, 0.15) is 0 Å². The molecule has 0 spiro atoms. The Morgan fingerprint density at radius 3 is 2.75 bits per heavy atom. The lowest BCUT2D eigenvalue weighted by Gasteiger charge is -2.17. The molecule has 1 fully saturated rings. The molecule has 0 bridgehead atoms. The van der Waals surface area contributed by atoms with Crippen LogP contribution in [0.4, 0.5) is 0 Å². The van der Waals surface area contributed by atoms with Crippen molar-refractivity contribution in [1.29, 1.82) is 0 Å². The Morgan fingerprint density at radius 1 is 1.50 bits per heavy atom. The van der Waals surface area contributed by atoms with E-state index in [4.69, 9.17) is 0 Å². The number of thioether (sulfide) groups is 2. The van der Waals surface area contributed by atoms with Gasteiger partial charge in [-0.15, -0.1) is 0 Å². The SMILES string of the molecule is SCC1CSCCS1. The van der Waals surface area contributed by atoms with Crippen molar-refractivity contribution in [2.24, 2.45) is 0 Å². The molecule has 1 rings (SSSR count). The molecule has 3 heteroatoms. The van der Waals surface area contributed by atoms with Crippen molar-refractivity contribution in [3.05, 3.63) is 0 Å². The van der Waals surface area contributed by atoms with Crippen molar-refractivity contribution in [1.82, 2.24) is 0 Å². The monoisotopic (exact) mass is 166 g/mol. The second-order valence-electron chi connectivity index (χ2n) is 1.75. The Kier molecular flexibility index (Phi) is 3.55. The number of rotatable bonds is 1. The zero-order valence-electron chi connectivity index (χ0n) is 4.67. The van der Waals surface area contributed by atoms with Crippen molar-refractivity contribution in [3.63, 3.8) is 0 Å². The van der Waals surface area contributed by atoms with E-state index in [1.54, 1.807) is 0 Å². The molecular weight excluding hydrogens is 156 g/mol. The summed E-state index contributed by atoms with van der Waals surface area (Å²) in [5.74, 6) is 5.04. The molecule has 0 amide bonds. The zero-order chi connectivity index (χ0) is 5.82. The molecule has 0 saturated carbocycles. The Labute approximate surface area is 64.6 Å². The van der Waals surface area contributed by atoms with Crippen molar-refractivity contribution >= 4 is 36.2 Å². The van der Waals surface area contributed by atoms with Gasteiger partial charge in [0.05, 0.1) is 0 Å². The lowest BCUT2D eigenvalue weighted by molar-refractivity contribution is 1.14. The average molecular weight is 166 g/mol. The fraction of sp³-hybridized carbons (Fsp3) is 1.00. The van der Waals surface area contributed by atoms with Gasteiger partial charge in [0.15, 0.2) is 0 Å². The van der Waals surface area contributed by atoms with Crippen LogP contribution in [0.2, 0.25) is 0 Å². The van der Waals surface area contributed by atoms with E-state index in [-0.39, 0.29) is 0 Å². The van der Waals surface area contributed by atoms with Gasteiger partial charge in [0, 0.05) is 28.3 Å². The highest BCUT2D eigenvalue weighted by atomic mass is 32.2. The number of thiol groups is 1. The first kappa shape index (κ1) is 7.16. The lowest BCUT2D eigenvalue weighted by atomic mass is 10.5. The summed E-state index contributed by atoms with van der Waals surface area (Å²) in [5.41, 5.74) is 0. The van der Waals surface area contributed by atoms with E-state index >= 15 is 0 Å². The van der Waals surface area contributed by atoms with E-state index < -0.39 is 0 Å². The first-order valence-corrected chi connectivity index (χ1v) is 5.57. The first-order valence-electron chi connectivity index (χ1n) is 2.73. The maximum absolute atomic E-state index is 4.23. The largest absolute Gasteiger partial charge is 0.178 e. The van der Waals surface area contributed by atoms with Gasteiger partial charge >= 0.3 is 0 Å². The summed E-state index contributed by atoms with van der Waals surface area (Å²) in [4.78, 5) is 0. The Morgan fingerprint density at radius 2 is 2.38 bits per heavy atom. The van der Waals surface area contributed by atoms with Gasteiger partial charge in [-0.25, -0.2) is 0 Å². The fourth-order valence-corrected chi connectivity index (χ4v) is 3.78. The minimum atomic E-state index is 0.831. The van der Waals surface area contributed by atoms with E-state index in [2.05, 4.69) is 36.2 Å². The van der Waals surface area contributed by atoms with Gasteiger partial charge < -0.3 is 0 Å². The molecule has 0 aromatic heterocycles. The van der Waals surface area contributed by atoms with Crippen molar-refractivity contribution < 1.29 is 0 Å². The quantitative estimate of drug-likeness (QED) is 0.590. The van der Waals surface area contributed by atoms with E-state index in [1.165, 1.54) is 17.3 Å². The van der Waals surface area contributed by atoms with Crippen LogP contribution in [0.3, 0.4) is 0 Å². The molecular formula is C5H10S3. The van der Waals surface area contributed by atoms with Gasteiger partial charge in [0.2, 0.25) is 0 Å². The zero-order valence-corrected chi connectivity index (χ0v) is 7.20. The van der Waals surface area contributed by atoms with Gasteiger partial charge in [-0.05, 0) is 0 Å². The van der Waals surface area contributed by atoms with E-state index in [9.17, 15) is 0 Å². The highest BCUT2D eigenvalue weighted by molar-refractivity contribution is 8.07. The summed E-state index contributed by atoms with van der Waals surface area (Å²) in [5, 5.41) is 0.831. The third-order valence-corrected chi connectivity index (χ3v) is 4.62. The van der Waals surface area contributed by atoms with Gasteiger partial charge in [-0.1, -0.05) is 0 Å². The summed E-state index contributed by atoms with van der Waals surface area (Å²) in [6, 6.07) is 0. The van der Waals surface area contributed by atoms with Crippen LogP contribution in [0, 0.1) is 0 Å². The maximum atomic E-state index is 4.23. The van der Waals surface area contributed by atoms with E-state index in [0.717, 1.165) is 11.0 Å². The summed E-state index contributed by atoms with van der Waals surface area (Å²) < 4.78 is 0. The van der Waals surface area contributed by atoms with Crippen LogP contribution in [-0.2, 0) is 0 Å². The van der Waals surface area contributed by atoms with E-state index in [0.29, 0.717) is 0 Å². The lowest BCUT2D eigenvalue weighted by Crippen LogP contribution is -2.14. The molecule has 0 radical (unpaired) electrons. The molecule has 8 heavy (non-hydrogen) atoms. The molecule has 0 aromatic rings. The predicted octanol–water partition coefficient (Wildman–Crippen LogP) is 1.76. The van der Waals surface area contributed by atoms with Gasteiger partial charge in [0.25, 0.3) is 0 Å². The van der Waals surface area contributed by atoms with Crippen LogP contribution in [-0.4, -0.2) is 28.3 Å². The third kappa shape index (κ3) is 2.11. The molecule has 1 heterocycles. The minimum Gasteiger partial charge on any atom is -0.178 e. The second-order valence-corrected chi connectivity index (χ2v) is 4.67. The number of hydrogen-bond acceptors (Lipinski definition) is 3. The molecule has 1 aliphatic heterocycles. The topological polar surface area (TPSA) is 0 Å². The Hall–Kier alpha value is 1.05. The summed E-state index contributed by atoms with van der Waals surface area (Å²) >= 11 is 8.35. The van der Waals surface area contributed by atoms with Crippen molar-refractivity contribution in [2.45, 2.75) is 5.25 Å². The molecule has 0 aromatic carbocycles. The predicted molar refractivity (Wildman–Crippen MR) is 47.4 cm³/mol. The molecule has 48 valence electrons. The summed E-state index contributed by atoms with van der Waals surface area (Å²) in [7, 11) is 0. The van der Waals surface area contributed by atoms with Crippen molar-refractivity contribution in [2.75, 3.05) is 23.0 Å². The van der Waals surface area contributed by atoms with Crippen LogP contribution >= 0.6 is 36.2 Å². The van der Waals surface area contributed by atoms with Gasteiger partial charge in [-0.3, -0.25) is 0 Å². The Bertz CT molecular complexity index is 58.7. The normalized spacial score (nSPS) is 30.4. The average Bonchev–Trinajstić information content (AvgIpc) is 1.90. The van der Waals surface area contributed by atoms with Gasteiger partial charge in [-0.2, -0.15) is 36.2 Å². The highest BCUT2D eigenvalue weighted by Gasteiger charge is 2.10. The molecule has 0 nitrogen and oxygen atoms in total. The molecule has 1 saturated heterocycles. The number of hydrogen-bond donors (Lipinski definition) is 1. The van der Waals surface area contributed by atoms with Crippen LogP contribution in [0.25, 0.3) is 0 Å². The minimum absolute atomic E-state index is 0.831. The molecule has 1 aliphatic rings. The summed E-state index contributed by atoms with van der Waals surface area (Å²) in [6.45, 7) is 0. The Balaban J connectivity index is 2.13. The highest BCUT2D eigenvalue weighted by Crippen LogP contribution is 2.24. The standard InChI is InChI=1S/C5H10S3/c6-3-5-4-7-1-2-8-5/h5-6H,1-4H2. The molecule has 0 aliphatic carbocycles. The smallest absolute Gasteiger partial charge is 0.0226 e. The molecule has 1 atom stereocenters. The second kappa shape index (κ2) is 3.96. The third-order valence-electron chi connectivity index (χ3n) is 1.09. The maximum Gasteiger partial charge on any atom is 0.0226 e. The fourth-order valence-electron chi connectivity index (χ4n) is 0.642. The van der Waals surface area contributed by atoms with Crippen LogP contribution < -0.4 is 0 Å². The summed E-state index contributed by atoms with van der Waals surface area (Å²) in [6.07, 6.45) is 0. The van der Waals surface area contributed by atoms with E-state index in [1.807, 2.05) is 0 Å². The van der Waals surface area contributed by atoms with Crippen molar-refractivity contribution in [3.8, 4) is 0 Å². The van der Waals surface area contributed by atoms with Crippen LogP contribution in [0.15, 0.2) is 0 Å².